The fourth-order valence-electron chi connectivity index (χ4n) is 10.7. The van der Waals surface area contributed by atoms with Gasteiger partial charge in [-0.3, -0.25) is 0 Å². The molecule has 3 aliphatic heterocycles. The third-order valence-corrected chi connectivity index (χ3v) is 14.0. The minimum Gasteiger partial charge on any atom is -0.317 e. The second-order valence-corrected chi connectivity index (χ2v) is 16.5. The van der Waals surface area contributed by atoms with E-state index in [1.54, 1.807) is 0 Å². The van der Waals surface area contributed by atoms with Crippen LogP contribution >= 0.6 is 0 Å². The zero-order valence-electron chi connectivity index (χ0n) is 30.9. The molecule has 3 heterocycles. The summed E-state index contributed by atoms with van der Waals surface area (Å²) in [5.74, 6) is 1.57. The fraction of sp³-hybridized carbons (Fsp3) is 0.404. The van der Waals surface area contributed by atoms with Crippen LogP contribution in [0.3, 0.4) is 0 Å². The molecule has 4 aromatic carbocycles. The van der Waals surface area contributed by atoms with Gasteiger partial charge in [-0.2, -0.15) is 0 Å². The van der Waals surface area contributed by atoms with Crippen molar-refractivity contribution in [2.75, 3.05) is 9.80 Å². The standard InChI is InChI=1S/C47H54N2/c1-9-47(10-2)30-34-21-17-24-37-39-29-35(46(8)40(31(3)4)25-18-28-45(46,7)32(5)6)26-27-38(39)43-42(33-19-13-11-14-20-33)48(36-22-15-12-16-23-36)44(47)49(43)41(34)37/h11-27,29,31-32,40,44H,9-10,28,30H2,1-8H3. The number of para-hydroxylation sites is 2. The molecule has 0 fully saturated rings. The van der Waals surface area contributed by atoms with Gasteiger partial charge < -0.3 is 9.80 Å². The van der Waals surface area contributed by atoms with E-state index in [-0.39, 0.29) is 22.4 Å². The van der Waals surface area contributed by atoms with Gasteiger partial charge in [-0.15, -0.1) is 0 Å². The Morgan fingerprint density at radius 1 is 0.714 bits per heavy atom. The van der Waals surface area contributed by atoms with Crippen molar-refractivity contribution < 1.29 is 0 Å². The summed E-state index contributed by atoms with van der Waals surface area (Å²) in [5, 5.41) is 0. The van der Waals surface area contributed by atoms with Crippen LogP contribution in [0.5, 0.6) is 0 Å². The number of rotatable bonds is 7. The maximum absolute atomic E-state index is 2.79. The SMILES string of the molecule is CCC1(CC)Cc2cccc3c2N2C(=C(c4ccccc4)N(c4ccccc4)C21)c1ccc(C2(C)C(C(C)C)C=CCC2(C)C(C)C)cc1-3. The molecule has 2 nitrogen and oxygen atoms in total. The summed E-state index contributed by atoms with van der Waals surface area (Å²) < 4.78 is 0. The van der Waals surface area contributed by atoms with E-state index in [9.17, 15) is 0 Å². The summed E-state index contributed by atoms with van der Waals surface area (Å²) in [6, 6.07) is 37.2. The lowest BCUT2D eigenvalue weighted by atomic mass is 9.47. The Labute approximate surface area is 295 Å². The summed E-state index contributed by atoms with van der Waals surface area (Å²) in [6.07, 6.45) is 9.66. The number of anilines is 2. The van der Waals surface area contributed by atoms with Crippen molar-refractivity contribution in [1.29, 1.82) is 0 Å². The van der Waals surface area contributed by atoms with Crippen LogP contribution in [0.1, 0.15) is 96.9 Å². The Bertz CT molecular complexity index is 1940. The average Bonchev–Trinajstić information content (AvgIpc) is 3.50. The zero-order valence-corrected chi connectivity index (χ0v) is 30.9. The van der Waals surface area contributed by atoms with E-state index in [1.807, 2.05) is 0 Å². The molecule has 4 aromatic rings. The highest BCUT2D eigenvalue weighted by Gasteiger charge is 2.57. The molecule has 0 bridgehead atoms. The first kappa shape index (κ1) is 32.2. The van der Waals surface area contributed by atoms with E-state index in [0.717, 1.165) is 25.7 Å². The lowest BCUT2D eigenvalue weighted by Crippen LogP contribution is -2.57. The molecule has 49 heavy (non-hydrogen) atoms. The molecule has 0 saturated carbocycles. The monoisotopic (exact) mass is 646 g/mol. The average molecular weight is 647 g/mol. The molecule has 0 radical (unpaired) electrons. The summed E-state index contributed by atoms with van der Waals surface area (Å²) in [5.41, 5.74) is 14.0. The van der Waals surface area contributed by atoms with Crippen molar-refractivity contribution in [3.8, 4) is 11.1 Å². The number of benzene rings is 4. The van der Waals surface area contributed by atoms with Crippen LogP contribution in [0, 0.1) is 28.6 Å². The molecule has 252 valence electrons. The van der Waals surface area contributed by atoms with E-state index in [1.165, 1.54) is 56.1 Å². The van der Waals surface area contributed by atoms with Crippen LogP contribution < -0.4 is 9.80 Å². The molecule has 0 amide bonds. The lowest BCUT2D eigenvalue weighted by molar-refractivity contribution is 0.0305. The van der Waals surface area contributed by atoms with Crippen molar-refractivity contribution in [1.82, 2.24) is 0 Å². The third-order valence-electron chi connectivity index (χ3n) is 14.0. The first-order valence-corrected chi connectivity index (χ1v) is 19.0. The largest absolute Gasteiger partial charge is 0.317 e. The molecule has 4 atom stereocenters. The number of nitrogens with zero attached hydrogens (tertiary/aromatic N) is 2. The van der Waals surface area contributed by atoms with Gasteiger partial charge in [-0.1, -0.05) is 146 Å². The van der Waals surface area contributed by atoms with Gasteiger partial charge in [-0.05, 0) is 83.7 Å². The van der Waals surface area contributed by atoms with Crippen molar-refractivity contribution >= 4 is 22.8 Å². The molecular weight excluding hydrogens is 593 g/mol. The maximum atomic E-state index is 2.79. The second kappa shape index (κ2) is 11.5. The van der Waals surface area contributed by atoms with Gasteiger partial charge in [0.15, 0.2) is 0 Å². The normalized spacial score (nSPS) is 26.4. The number of allylic oxidation sites excluding steroid dienone is 2. The van der Waals surface area contributed by atoms with Gasteiger partial charge in [0.05, 0.1) is 17.1 Å². The summed E-state index contributed by atoms with van der Waals surface area (Å²) >= 11 is 0. The van der Waals surface area contributed by atoms with E-state index < -0.39 is 0 Å². The first-order valence-electron chi connectivity index (χ1n) is 19.0. The first-order chi connectivity index (χ1) is 23.6. The van der Waals surface area contributed by atoms with Gasteiger partial charge in [0.2, 0.25) is 0 Å². The second-order valence-electron chi connectivity index (χ2n) is 16.5. The molecule has 2 heteroatoms. The highest BCUT2D eigenvalue weighted by molar-refractivity contribution is 6.14. The molecule has 0 N–H and O–H groups in total. The molecule has 4 unspecified atom stereocenters. The van der Waals surface area contributed by atoms with Crippen LogP contribution in [-0.4, -0.2) is 6.17 Å². The molecule has 1 aliphatic carbocycles. The predicted molar refractivity (Wildman–Crippen MR) is 209 cm³/mol. The van der Waals surface area contributed by atoms with Crippen molar-refractivity contribution in [2.24, 2.45) is 28.6 Å². The molecular formula is C47H54N2. The summed E-state index contributed by atoms with van der Waals surface area (Å²) in [7, 11) is 0. The van der Waals surface area contributed by atoms with E-state index in [2.05, 4.69) is 174 Å². The van der Waals surface area contributed by atoms with Crippen LogP contribution in [0.25, 0.3) is 22.5 Å². The minimum absolute atomic E-state index is 0.00437. The van der Waals surface area contributed by atoms with Crippen molar-refractivity contribution in [3.63, 3.8) is 0 Å². The third kappa shape index (κ3) is 4.31. The van der Waals surface area contributed by atoms with Gasteiger partial charge in [0.25, 0.3) is 0 Å². The van der Waals surface area contributed by atoms with Crippen LogP contribution in [0.4, 0.5) is 11.4 Å². The number of fused-ring (bicyclic) bond motifs is 3. The Kier molecular flexibility index (Phi) is 7.56. The zero-order chi connectivity index (χ0) is 34.3. The van der Waals surface area contributed by atoms with Gasteiger partial charge in [0.1, 0.15) is 6.17 Å². The number of hydrogen-bond acceptors (Lipinski definition) is 2. The Hall–Kier alpha value is -4.04. The van der Waals surface area contributed by atoms with Crippen molar-refractivity contribution in [3.05, 3.63) is 131 Å². The lowest BCUT2D eigenvalue weighted by Gasteiger charge is -2.57. The van der Waals surface area contributed by atoms with Crippen LogP contribution in [0.15, 0.2) is 109 Å². The topological polar surface area (TPSA) is 6.48 Å². The molecule has 0 spiro atoms. The van der Waals surface area contributed by atoms with E-state index in [4.69, 9.17) is 0 Å². The highest BCUT2D eigenvalue weighted by atomic mass is 15.4. The molecule has 8 rings (SSSR count). The van der Waals surface area contributed by atoms with Crippen molar-refractivity contribution in [2.45, 2.75) is 92.7 Å². The highest BCUT2D eigenvalue weighted by Crippen LogP contribution is 2.64. The van der Waals surface area contributed by atoms with E-state index in [0.29, 0.717) is 17.8 Å². The van der Waals surface area contributed by atoms with Crippen LogP contribution in [0.2, 0.25) is 0 Å². The summed E-state index contributed by atoms with van der Waals surface area (Å²) in [4.78, 5) is 5.51. The van der Waals surface area contributed by atoms with Gasteiger partial charge >= 0.3 is 0 Å². The Morgan fingerprint density at radius 2 is 1.41 bits per heavy atom. The van der Waals surface area contributed by atoms with Gasteiger partial charge in [0, 0.05) is 33.2 Å². The maximum Gasteiger partial charge on any atom is 0.117 e. The fourth-order valence-corrected chi connectivity index (χ4v) is 10.7. The Balaban J connectivity index is 1.47. The summed E-state index contributed by atoms with van der Waals surface area (Å²) in [6.45, 7) is 19.7. The molecule has 0 saturated heterocycles. The van der Waals surface area contributed by atoms with Gasteiger partial charge in [-0.25, -0.2) is 0 Å². The smallest absolute Gasteiger partial charge is 0.117 e. The van der Waals surface area contributed by atoms with E-state index >= 15 is 0 Å². The minimum atomic E-state index is -0.00437. The Morgan fingerprint density at radius 3 is 2.06 bits per heavy atom. The molecule has 4 aliphatic rings. The number of hydrogen-bond donors (Lipinski definition) is 0. The van der Waals surface area contributed by atoms with Crippen LogP contribution in [-0.2, 0) is 11.8 Å². The predicted octanol–water partition coefficient (Wildman–Crippen LogP) is 12.4. The quantitative estimate of drug-likeness (QED) is 0.184. The molecule has 0 aromatic heterocycles.